The first-order valence-electron chi connectivity index (χ1n) is 7.18. The summed E-state index contributed by atoms with van der Waals surface area (Å²) < 4.78 is 5.96. The first-order valence-corrected chi connectivity index (χ1v) is 7.18. The molecule has 0 fully saturated rings. The average molecular weight is 278 g/mol. The van der Waals surface area contributed by atoms with Gasteiger partial charge in [0, 0.05) is 11.1 Å². The molecule has 1 aromatic heterocycles. The van der Waals surface area contributed by atoms with E-state index in [2.05, 4.69) is 12.1 Å². The fraction of sp³-hybridized carbons (Fsp3) is 0.167. The third-order valence-corrected chi connectivity index (χ3v) is 3.35. The van der Waals surface area contributed by atoms with E-state index in [4.69, 9.17) is 15.5 Å². The minimum absolute atomic E-state index is 0.682. The van der Waals surface area contributed by atoms with Crippen molar-refractivity contribution in [2.45, 2.75) is 12.8 Å². The van der Waals surface area contributed by atoms with E-state index in [9.17, 15) is 0 Å². The van der Waals surface area contributed by atoms with Crippen molar-refractivity contribution in [3.05, 3.63) is 66.4 Å². The molecule has 0 aliphatic rings. The lowest BCUT2D eigenvalue weighted by molar-refractivity contribution is 0.487. The van der Waals surface area contributed by atoms with E-state index < -0.39 is 0 Å². The molecule has 0 saturated carbocycles. The number of pyridine rings is 1. The topological polar surface area (TPSA) is 48.1 Å². The van der Waals surface area contributed by atoms with Crippen LogP contribution in [0.5, 0.6) is 11.5 Å². The van der Waals surface area contributed by atoms with E-state index in [0.29, 0.717) is 6.54 Å². The highest BCUT2D eigenvalue weighted by Gasteiger charge is 2.06. The Labute approximate surface area is 124 Å². The summed E-state index contributed by atoms with van der Waals surface area (Å²) in [6.45, 7) is 0.682. The largest absolute Gasteiger partial charge is 0.455 e. The number of aromatic nitrogens is 1. The summed E-state index contributed by atoms with van der Waals surface area (Å²) >= 11 is 0. The van der Waals surface area contributed by atoms with Gasteiger partial charge in [-0.1, -0.05) is 36.4 Å². The molecule has 0 unspecified atom stereocenters. The summed E-state index contributed by atoms with van der Waals surface area (Å²) in [6, 6.07) is 19.9. The van der Waals surface area contributed by atoms with Gasteiger partial charge in [-0.3, -0.25) is 0 Å². The maximum atomic E-state index is 5.96. The molecule has 3 heteroatoms. The van der Waals surface area contributed by atoms with E-state index in [1.54, 1.807) is 0 Å². The number of aryl methyl sites for hydroxylation is 1. The summed E-state index contributed by atoms with van der Waals surface area (Å²) in [4.78, 5) is 4.73. The van der Waals surface area contributed by atoms with Crippen molar-refractivity contribution < 1.29 is 4.74 Å². The predicted molar refractivity (Wildman–Crippen MR) is 85.6 cm³/mol. The van der Waals surface area contributed by atoms with Gasteiger partial charge < -0.3 is 10.5 Å². The van der Waals surface area contributed by atoms with Gasteiger partial charge in [-0.2, -0.15) is 0 Å². The molecule has 0 spiro atoms. The Morgan fingerprint density at radius 1 is 0.905 bits per heavy atom. The summed E-state index contributed by atoms with van der Waals surface area (Å²) in [5.41, 5.74) is 7.52. The molecule has 0 bridgehead atoms. The molecule has 0 radical (unpaired) electrons. The maximum Gasteiger partial charge on any atom is 0.153 e. The molecule has 3 nitrogen and oxygen atoms in total. The zero-order valence-electron chi connectivity index (χ0n) is 11.8. The number of rotatable bonds is 5. The highest BCUT2D eigenvalue weighted by Crippen LogP contribution is 2.28. The quantitative estimate of drug-likeness (QED) is 0.769. The van der Waals surface area contributed by atoms with Gasteiger partial charge in [-0.05, 0) is 43.7 Å². The first-order chi connectivity index (χ1) is 10.4. The van der Waals surface area contributed by atoms with Crippen LogP contribution < -0.4 is 10.5 Å². The van der Waals surface area contributed by atoms with Crippen molar-refractivity contribution in [2.75, 3.05) is 6.54 Å². The molecule has 0 atom stereocenters. The van der Waals surface area contributed by atoms with Crippen LogP contribution >= 0.6 is 0 Å². The average Bonchev–Trinajstić information content (AvgIpc) is 2.54. The SMILES string of the molecule is NCCCc1ccc2cccc(Oc3ccccc3)c2n1. The Morgan fingerprint density at radius 3 is 2.57 bits per heavy atom. The minimum Gasteiger partial charge on any atom is -0.455 e. The van der Waals surface area contributed by atoms with Crippen LogP contribution in [0.4, 0.5) is 0 Å². The van der Waals surface area contributed by atoms with Crippen LogP contribution in [0, 0.1) is 0 Å². The molecule has 2 N–H and O–H groups in total. The summed E-state index contributed by atoms with van der Waals surface area (Å²) in [6.07, 6.45) is 1.84. The molecule has 3 aromatic rings. The molecular formula is C18H18N2O. The lowest BCUT2D eigenvalue weighted by Gasteiger charge is -2.09. The fourth-order valence-electron chi connectivity index (χ4n) is 2.28. The number of nitrogens with zero attached hydrogens (tertiary/aromatic N) is 1. The van der Waals surface area contributed by atoms with Gasteiger partial charge in [0.2, 0.25) is 0 Å². The number of ether oxygens (including phenoxy) is 1. The van der Waals surface area contributed by atoms with E-state index in [1.165, 1.54) is 0 Å². The lowest BCUT2D eigenvalue weighted by atomic mass is 10.1. The molecule has 1 heterocycles. The van der Waals surface area contributed by atoms with Gasteiger partial charge >= 0.3 is 0 Å². The Bertz CT molecular complexity index is 726. The maximum absolute atomic E-state index is 5.96. The van der Waals surface area contributed by atoms with Gasteiger partial charge in [-0.15, -0.1) is 0 Å². The normalized spacial score (nSPS) is 10.7. The van der Waals surface area contributed by atoms with E-state index >= 15 is 0 Å². The van der Waals surface area contributed by atoms with Gasteiger partial charge in [0.25, 0.3) is 0 Å². The van der Waals surface area contributed by atoms with Gasteiger partial charge in [0.05, 0.1) is 0 Å². The zero-order valence-corrected chi connectivity index (χ0v) is 11.8. The highest BCUT2D eigenvalue weighted by molar-refractivity contribution is 5.84. The van der Waals surface area contributed by atoms with Gasteiger partial charge in [-0.25, -0.2) is 4.98 Å². The molecule has 106 valence electrons. The molecule has 0 saturated heterocycles. The first kappa shape index (κ1) is 13.6. The van der Waals surface area contributed by atoms with Crippen LogP contribution in [0.3, 0.4) is 0 Å². The van der Waals surface area contributed by atoms with Crippen molar-refractivity contribution in [1.82, 2.24) is 4.98 Å². The standard InChI is InChI=1S/C18H18N2O/c19-13-5-7-15-12-11-14-6-4-10-17(18(14)20-15)21-16-8-2-1-3-9-16/h1-4,6,8-12H,5,7,13,19H2. The van der Waals surface area contributed by atoms with Crippen molar-refractivity contribution in [1.29, 1.82) is 0 Å². The Balaban J connectivity index is 1.97. The molecule has 2 aromatic carbocycles. The second kappa shape index (κ2) is 6.37. The van der Waals surface area contributed by atoms with Crippen LogP contribution in [0.15, 0.2) is 60.7 Å². The number of para-hydroxylation sites is 2. The van der Waals surface area contributed by atoms with Crippen molar-refractivity contribution >= 4 is 10.9 Å². The Kier molecular flexibility index (Phi) is 4.12. The van der Waals surface area contributed by atoms with Crippen LogP contribution in [-0.2, 0) is 6.42 Å². The number of hydrogen-bond acceptors (Lipinski definition) is 3. The predicted octanol–water partition coefficient (Wildman–Crippen LogP) is 3.92. The monoisotopic (exact) mass is 278 g/mol. The van der Waals surface area contributed by atoms with Crippen LogP contribution in [-0.4, -0.2) is 11.5 Å². The third-order valence-electron chi connectivity index (χ3n) is 3.35. The summed E-state index contributed by atoms with van der Waals surface area (Å²) in [7, 11) is 0. The summed E-state index contributed by atoms with van der Waals surface area (Å²) in [5.74, 6) is 1.60. The second-order valence-electron chi connectivity index (χ2n) is 4.94. The number of benzene rings is 2. The second-order valence-corrected chi connectivity index (χ2v) is 4.94. The van der Waals surface area contributed by atoms with Crippen molar-refractivity contribution in [2.24, 2.45) is 5.73 Å². The highest BCUT2D eigenvalue weighted by atomic mass is 16.5. The van der Waals surface area contributed by atoms with Crippen molar-refractivity contribution in [3.8, 4) is 11.5 Å². The Morgan fingerprint density at radius 2 is 1.76 bits per heavy atom. The Hall–Kier alpha value is -2.39. The van der Waals surface area contributed by atoms with Gasteiger partial charge in [0.1, 0.15) is 11.3 Å². The number of nitrogens with two attached hydrogens (primary N) is 1. The van der Waals surface area contributed by atoms with E-state index in [-0.39, 0.29) is 0 Å². The van der Waals surface area contributed by atoms with Gasteiger partial charge in [0.15, 0.2) is 5.75 Å². The lowest BCUT2D eigenvalue weighted by Crippen LogP contribution is -2.01. The zero-order chi connectivity index (χ0) is 14.5. The van der Waals surface area contributed by atoms with E-state index in [0.717, 1.165) is 40.9 Å². The molecule has 21 heavy (non-hydrogen) atoms. The molecular weight excluding hydrogens is 260 g/mol. The molecule has 0 amide bonds. The molecule has 0 aliphatic carbocycles. The molecule has 0 aliphatic heterocycles. The fourth-order valence-corrected chi connectivity index (χ4v) is 2.28. The number of hydrogen-bond donors (Lipinski definition) is 1. The third kappa shape index (κ3) is 3.20. The van der Waals surface area contributed by atoms with Crippen molar-refractivity contribution in [3.63, 3.8) is 0 Å². The number of fused-ring (bicyclic) bond motifs is 1. The van der Waals surface area contributed by atoms with Crippen LogP contribution in [0.25, 0.3) is 10.9 Å². The van der Waals surface area contributed by atoms with E-state index in [1.807, 2.05) is 48.5 Å². The van der Waals surface area contributed by atoms with Crippen LogP contribution in [0.1, 0.15) is 12.1 Å². The van der Waals surface area contributed by atoms with Crippen LogP contribution in [0.2, 0.25) is 0 Å². The smallest absolute Gasteiger partial charge is 0.153 e. The molecule has 3 rings (SSSR count). The minimum atomic E-state index is 0.682. The summed E-state index contributed by atoms with van der Waals surface area (Å²) in [5, 5.41) is 1.08.